The topological polar surface area (TPSA) is 43.1 Å². The summed E-state index contributed by atoms with van der Waals surface area (Å²) in [6.45, 7) is 6.56. The van der Waals surface area contributed by atoms with Gasteiger partial charge in [0.2, 0.25) is 0 Å². The van der Waals surface area contributed by atoms with Gasteiger partial charge in [-0.1, -0.05) is 43.3 Å². The fraction of sp³-hybridized carbons (Fsp3) is 0.143. The molecule has 40 heavy (non-hydrogen) atoms. The Kier molecular flexibility index (Phi) is 6.65. The maximum atomic E-state index is 4.81. The summed E-state index contributed by atoms with van der Waals surface area (Å²) in [6, 6.07) is 35.7. The van der Waals surface area contributed by atoms with Gasteiger partial charge in [-0.3, -0.25) is 4.98 Å². The van der Waals surface area contributed by atoms with Crippen molar-refractivity contribution in [1.29, 1.82) is 0 Å². The standard InChI is InChI=1S/C24H19N3.C11H8N.Ir/c1-14-13-20-22(15(2)26-14)27-12-11-25-23(27)18-9-6-8-17-16-7-4-5-10-19(16)24(20,3)21(17)18;1-2-6-10(7-3-1)11-8-4-5-9-12-11;/h4-8,10-13,23H,1-3H3;1-6,8-9H;/q-2;-1;+3. The number of benzene rings is 3. The molecule has 3 aromatic carbocycles. The number of nitrogens with zero attached hydrogens (tertiary/aromatic N) is 4. The normalized spacial score (nSPS) is 18.6. The fourth-order valence-electron chi connectivity index (χ4n) is 6.41. The molecule has 196 valence electrons. The number of anilines is 1. The summed E-state index contributed by atoms with van der Waals surface area (Å²) in [5.74, 6) is 0. The van der Waals surface area contributed by atoms with Crippen molar-refractivity contribution in [1.82, 2.24) is 9.97 Å². The summed E-state index contributed by atoms with van der Waals surface area (Å²) >= 11 is 0. The Labute approximate surface area is 249 Å². The average Bonchev–Trinajstić information content (AvgIpc) is 3.54. The van der Waals surface area contributed by atoms with Crippen LogP contribution in [-0.2, 0) is 25.5 Å². The van der Waals surface area contributed by atoms with Crippen LogP contribution in [0.15, 0.2) is 104 Å². The van der Waals surface area contributed by atoms with Gasteiger partial charge in [0.15, 0.2) is 0 Å². The average molecular weight is 696 g/mol. The van der Waals surface area contributed by atoms with Crippen LogP contribution in [0.5, 0.6) is 0 Å². The molecule has 2 aromatic heterocycles. The van der Waals surface area contributed by atoms with E-state index in [4.69, 9.17) is 10.3 Å². The third-order valence-corrected chi connectivity index (χ3v) is 8.00. The van der Waals surface area contributed by atoms with Crippen molar-refractivity contribution < 1.29 is 20.1 Å². The van der Waals surface area contributed by atoms with Crippen molar-refractivity contribution >= 4 is 5.69 Å². The molecule has 0 amide bonds. The van der Waals surface area contributed by atoms with E-state index in [0.29, 0.717) is 0 Å². The molecule has 0 fully saturated rings. The van der Waals surface area contributed by atoms with E-state index in [0.717, 1.165) is 22.6 Å². The Bertz CT molecular complexity index is 1690. The zero-order valence-electron chi connectivity index (χ0n) is 22.5. The molecule has 0 bridgehead atoms. The van der Waals surface area contributed by atoms with Crippen molar-refractivity contribution in [2.24, 2.45) is 0 Å². The fourth-order valence-corrected chi connectivity index (χ4v) is 6.41. The number of aryl methyl sites for hydroxylation is 2. The molecule has 4 heterocycles. The van der Waals surface area contributed by atoms with Crippen LogP contribution in [0.4, 0.5) is 5.69 Å². The molecule has 0 spiro atoms. The van der Waals surface area contributed by atoms with Gasteiger partial charge in [0.25, 0.3) is 0 Å². The van der Waals surface area contributed by atoms with Gasteiger partial charge >= 0.3 is 20.1 Å². The Morgan fingerprint density at radius 3 is 2.50 bits per heavy atom. The zero-order chi connectivity index (χ0) is 26.6. The second-order valence-corrected chi connectivity index (χ2v) is 10.3. The molecule has 2 aliphatic heterocycles. The van der Waals surface area contributed by atoms with Crippen LogP contribution in [0.3, 0.4) is 0 Å². The Morgan fingerprint density at radius 1 is 0.875 bits per heavy atom. The van der Waals surface area contributed by atoms with Crippen molar-refractivity contribution in [3.63, 3.8) is 0 Å². The van der Waals surface area contributed by atoms with Gasteiger partial charge in [0.05, 0.1) is 11.4 Å². The first-order valence-electron chi connectivity index (χ1n) is 13.2. The van der Waals surface area contributed by atoms with Gasteiger partial charge in [0, 0.05) is 17.3 Å². The van der Waals surface area contributed by atoms with Crippen LogP contribution in [0.1, 0.15) is 46.7 Å². The van der Waals surface area contributed by atoms with Crippen LogP contribution in [0, 0.1) is 26.0 Å². The van der Waals surface area contributed by atoms with Gasteiger partial charge in [-0.05, 0) is 60.7 Å². The summed E-state index contributed by atoms with van der Waals surface area (Å²) in [4.78, 5) is 11.3. The first kappa shape index (κ1) is 26.2. The Hall–Kier alpha value is -4.05. The summed E-state index contributed by atoms with van der Waals surface area (Å²) < 4.78 is 0. The van der Waals surface area contributed by atoms with Gasteiger partial charge in [-0.25, -0.2) is 0 Å². The molecule has 3 aliphatic rings. The van der Waals surface area contributed by atoms with Crippen LogP contribution in [0.2, 0.25) is 0 Å². The minimum Gasteiger partial charge on any atom is -0.668 e. The molecule has 5 aromatic rings. The molecule has 4 nitrogen and oxygen atoms in total. The van der Waals surface area contributed by atoms with Crippen molar-refractivity contribution in [3.8, 4) is 22.4 Å². The molecule has 0 saturated heterocycles. The largest absolute Gasteiger partial charge is 3.00 e. The second-order valence-electron chi connectivity index (χ2n) is 10.3. The molecular weight excluding hydrogens is 669 g/mol. The monoisotopic (exact) mass is 696 g/mol. The quantitative estimate of drug-likeness (QED) is 0.167. The SMILES string of the molecule is Cc1cc2c(c(C)n1)N1C=C[N-]C1c1[c-]ccc3c1C2(C)c1ccccc1-3.[Ir+3].[c-]1ccccc1-c1ccccn1. The van der Waals surface area contributed by atoms with E-state index in [9.17, 15) is 0 Å². The molecular formula is C35H27IrN4. The van der Waals surface area contributed by atoms with Crippen molar-refractivity contribution in [2.75, 3.05) is 4.90 Å². The summed E-state index contributed by atoms with van der Waals surface area (Å²) in [5.41, 5.74) is 12.9. The smallest absolute Gasteiger partial charge is 0.668 e. The van der Waals surface area contributed by atoms with Crippen LogP contribution < -0.4 is 4.90 Å². The van der Waals surface area contributed by atoms with Crippen molar-refractivity contribution in [2.45, 2.75) is 32.4 Å². The van der Waals surface area contributed by atoms with Gasteiger partial charge in [-0.2, -0.15) is 30.0 Å². The van der Waals surface area contributed by atoms with E-state index < -0.39 is 0 Å². The molecule has 2 unspecified atom stereocenters. The first-order chi connectivity index (χ1) is 19.1. The molecule has 2 atom stereocenters. The Balaban J connectivity index is 0.000000188. The molecule has 0 saturated carbocycles. The first-order valence-corrected chi connectivity index (χ1v) is 13.2. The van der Waals surface area contributed by atoms with E-state index in [1.165, 1.54) is 39.1 Å². The predicted molar refractivity (Wildman–Crippen MR) is 156 cm³/mol. The molecule has 8 rings (SSSR count). The third kappa shape index (κ3) is 3.92. The minimum atomic E-state index is -0.236. The number of hydrogen-bond donors (Lipinski definition) is 0. The molecule has 1 aliphatic carbocycles. The minimum absolute atomic E-state index is 0. The van der Waals surface area contributed by atoms with E-state index >= 15 is 0 Å². The van der Waals surface area contributed by atoms with E-state index in [1.807, 2.05) is 48.7 Å². The third-order valence-electron chi connectivity index (χ3n) is 8.00. The van der Waals surface area contributed by atoms with Gasteiger partial charge in [-0.15, -0.1) is 47.0 Å². The van der Waals surface area contributed by atoms with E-state index in [2.05, 4.69) is 91.5 Å². The van der Waals surface area contributed by atoms with Crippen LogP contribution >= 0.6 is 0 Å². The zero-order valence-corrected chi connectivity index (χ0v) is 24.9. The predicted octanol–water partition coefficient (Wildman–Crippen LogP) is 8.06. The summed E-state index contributed by atoms with van der Waals surface area (Å²) in [7, 11) is 0. The molecule has 0 N–H and O–H groups in total. The molecule has 5 heteroatoms. The van der Waals surface area contributed by atoms with Crippen molar-refractivity contribution in [3.05, 3.63) is 155 Å². The van der Waals surface area contributed by atoms with E-state index in [1.54, 1.807) is 6.20 Å². The molecule has 0 radical (unpaired) electrons. The second kappa shape index (κ2) is 10.2. The summed E-state index contributed by atoms with van der Waals surface area (Å²) in [5, 5.41) is 4.81. The number of pyridine rings is 2. The number of aromatic nitrogens is 2. The number of rotatable bonds is 1. The van der Waals surface area contributed by atoms with E-state index in [-0.39, 0.29) is 31.7 Å². The number of fused-ring (bicyclic) bond motifs is 8. The number of hydrogen-bond acceptors (Lipinski definition) is 3. The Morgan fingerprint density at radius 2 is 1.70 bits per heavy atom. The maximum Gasteiger partial charge on any atom is 3.00 e. The van der Waals surface area contributed by atoms with Crippen LogP contribution in [-0.4, -0.2) is 9.97 Å². The van der Waals surface area contributed by atoms with Crippen LogP contribution in [0.25, 0.3) is 27.7 Å². The van der Waals surface area contributed by atoms with Gasteiger partial charge in [0.1, 0.15) is 0 Å². The summed E-state index contributed by atoms with van der Waals surface area (Å²) in [6.07, 6.45) is 5.71. The van der Waals surface area contributed by atoms with Gasteiger partial charge < -0.3 is 15.2 Å². The maximum absolute atomic E-state index is 4.81.